The van der Waals surface area contributed by atoms with Gasteiger partial charge in [0.15, 0.2) is 0 Å². The number of ether oxygens (including phenoxy) is 1. The van der Waals surface area contributed by atoms with Gasteiger partial charge in [-0.3, -0.25) is 19.4 Å². The van der Waals surface area contributed by atoms with Crippen LogP contribution in [-0.4, -0.2) is 47.9 Å². The van der Waals surface area contributed by atoms with Crippen LogP contribution in [0.15, 0.2) is 18.3 Å². The number of rotatable bonds is 3. The number of carbonyl (C=O) groups is 3. The fraction of sp³-hybridized carbons (Fsp3) is 0.429. The lowest BCUT2D eigenvalue weighted by Crippen LogP contribution is -2.42. The fourth-order valence-corrected chi connectivity index (χ4v) is 2.35. The van der Waals surface area contributed by atoms with Gasteiger partial charge in [-0.05, 0) is 25.0 Å². The summed E-state index contributed by atoms with van der Waals surface area (Å²) in [6.07, 6.45) is 2.73. The largest absolute Gasteiger partial charge is 0.469 e. The molecular weight excluding hydrogens is 274 g/mol. The number of hydrogen-bond donors (Lipinski definition) is 1. The van der Waals surface area contributed by atoms with Gasteiger partial charge in [0, 0.05) is 19.3 Å². The molecule has 2 N–H and O–H groups in total. The minimum atomic E-state index is -0.592. The number of aromatic nitrogens is 1. The van der Waals surface area contributed by atoms with Crippen molar-refractivity contribution in [2.24, 2.45) is 11.7 Å². The lowest BCUT2D eigenvalue weighted by molar-refractivity contribution is -0.146. The van der Waals surface area contributed by atoms with E-state index in [1.807, 2.05) is 0 Å². The van der Waals surface area contributed by atoms with E-state index in [4.69, 9.17) is 10.5 Å². The number of pyridine rings is 1. The SMILES string of the molecule is COC(=O)[C@H]1CCCN(C(=O)c2ccc(C(N)=O)cn2)C1. The Labute approximate surface area is 122 Å². The first-order chi connectivity index (χ1) is 10.0. The van der Waals surface area contributed by atoms with Gasteiger partial charge in [0.2, 0.25) is 5.91 Å². The molecule has 0 radical (unpaired) electrons. The standard InChI is InChI=1S/C14H17N3O4/c1-21-14(20)10-3-2-6-17(8-10)13(19)11-5-4-9(7-16-11)12(15)18/h4-5,7,10H,2-3,6,8H2,1H3,(H2,15,18)/t10-/m0/s1. The molecule has 1 fully saturated rings. The van der Waals surface area contributed by atoms with Crippen molar-refractivity contribution in [2.45, 2.75) is 12.8 Å². The van der Waals surface area contributed by atoms with Crippen molar-refractivity contribution in [1.82, 2.24) is 9.88 Å². The number of hydrogen-bond acceptors (Lipinski definition) is 5. The maximum absolute atomic E-state index is 12.3. The molecule has 1 saturated heterocycles. The summed E-state index contributed by atoms with van der Waals surface area (Å²) in [5, 5.41) is 0. The minimum Gasteiger partial charge on any atom is -0.469 e. The van der Waals surface area contributed by atoms with Crippen molar-refractivity contribution in [2.75, 3.05) is 20.2 Å². The quantitative estimate of drug-likeness (QED) is 0.802. The summed E-state index contributed by atoms with van der Waals surface area (Å²) in [6, 6.07) is 2.93. The van der Waals surface area contributed by atoms with Crippen molar-refractivity contribution in [3.05, 3.63) is 29.6 Å². The lowest BCUT2D eigenvalue weighted by atomic mass is 9.98. The molecule has 7 nitrogen and oxygen atoms in total. The Bertz CT molecular complexity index is 556. The van der Waals surface area contributed by atoms with E-state index in [1.165, 1.54) is 25.4 Å². The Kier molecular flexibility index (Phi) is 4.52. The molecule has 0 unspecified atom stereocenters. The maximum Gasteiger partial charge on any atom is 0.310 e. The second-order valence-electron chi connectivity index (χ2n) is 4.91. The van der Waals surface area contributed by atoms with Crippen LogP contribution in [0.1, 0.15) is 33.7 Å². The summed E-state index contributed by atoms with van der Waals surface area (Å²) in [5.74, 6) is -1.45. The van der Waals surface area contributed by atoms with E-state index in [1.54, 1.807) is 4.90 Å². The summed E-state index contributed by atoms with van der Waals surface area (Å²) < 4.78 is 4.72. The van der Waals surface area contributed by atoms with Gasteiger partial charge < -0.3 is 15.4 Å². The van der Waals surface area contributed by atoms with E-state index in [2.05, 4.69) is 4.98 Å². The highest BCUT2D eigenvalue weighted by Gasteiger charge is 2.29. The molecule has 7 heteroatoms. The second-order valence-corrected chi connectivity index (χ2v) is 4.91. The van der Waals surface area contributed by atoms with E-state index in [-0.39, 0.29) is 29.1 Å². The van der Waals surface area contributed by atoms with E-state index < -0.39 is 5.91 Å². The Morgan fingerprint density at radius 2 is 2.14 bits per heavy atom. The van der Waals surface area contributed by atoms with Crippen LogP contribution in [0.5, 0.6) is 0 Å². The average Bonchev–Trinajstić information content (AvgIpc) is 2.53. The Balaban J connectivity index is 2.08. The van der Waals surface area contributed by atoms with E-state index in [0.717, 1.165) is 6.42 Å². The van der Waals surface area contributed by atoms with Crippen LogP contribution in [0.3, 0.4) is 0 Å². The third-order valence-corrected chi connectivity index (χ3v) is 3.51. The third kappa shape index (κ3) is 3.36. The second kappa shape index (κ2) is 6.34. The third-order valence-electron chi connectivity index (χ3n) is 3.51. The fourth-order valence-electron chi connectivity index (χ4n) is 2.35. The molecule has 0 bridgehead atoms. The van der Waals surface area contributed by atoms with Gasteiger partial charge in [-0.2, -0.15) is 0 Å². The zero-order valence-corrected chi connectivity index (χ0v) is 11.7. The normalized spacial score (nSPS) is 18.1. The number of esters is 1. The number of methoxy groups -OCH3 is 1. The molecule has 2 rings (SSSR count). The lowest BCUT2D eigenvalue weighted by Gasteiger charge is -2.31. The number of piperidine rings is 1. The molecular formula is C14H17N3O4. The molecule has 1 atom stereocenters. The van der Waals surface area contributed by atoms with Crippen molar-refractivity contribution in [3.8, 4) is 0 Å². The maximum atomic E-state index is 12.3. The van der Waals surface area contributed by atoms with Crippen molar-refractivity contribution >= 4 is 17.8 Å². The van der Waals surface area contributed by atoms with Crippen LogP contribution in [0.25, 0.3) is 0 Å². The molecule has 2 heterocycles. The molecule has 112 valence electrons. The molecule has 21 heavy (non-hydrogen) atoms. The number of likely N-dealkylation sites (tertiary alicyclic amines) is 1. The molecule has 1 aromatic rings. The number of primary amides is 1. The van der Waals surface area contributed by atoms with E-state index in [0.29, 0.717) is 19.5 Å². The predicted molar refractivity (Wildman–Crippen MR) is 73.4 cm³/mol. The number of amides is 2. The number of nitrogens with zero attached hydrogens (tertiary/aromatic N) is 2. The number of nitrogens with two attached hydrogens (primary N) is 1. The predicted octanol–water partition coefficient (Wildman–Crippen LogP) is 0.206. The zero-order chi connectivity index (χ0) is 15.4. The summed E-state index contributed by atoms with van der Waals surface area (Å²) in [6.45, 7) is 0.899. The van der Waals surface area contributed by atoms with Crippen molar-refractivity contribution < 1.29 is 19.1 Å². The van der Waals surface area contributed by atoms with Crippen LogP contribution in [-0.2, 0) is 9.53 Å². The van der Waals surface area contributed by atoms with E-state index >= 15 is 0 Å². The Morgan fingerprint density at radius 3 is 2.71 bits per heavy atom. The number of carbonyl (C=O) groups excluding carboxylic acids is 3. The molecule has 1 aliphatic heterocycles. The molecule has 1 aliphatic rings. The molecule has 0 aliphatic carbocycles. The molecule has 1 aromatic heterocycles. The van der Waals surface area contributed by atoms with Crippen LogP contribution < -0.4 is 5.73 Å². The Morgan fingerprint density at radius 1 is 1.38 bits per heavy atom. The van der Waals surface area contributed by atoms with Crippen LogP contribution >= 0.6 is 0 Å². The highest BCUT2D eigenvalue weighted by Crippen LogP contribution is 2.19. The summed E-state index contributed by atoms with van der Waals surface area (Å²) in [7, 11) is 1.34. The highest BCUT2D eigenvalue weighted by molar-refractivity contribution is 5.95. The van der Waals surface area contributed by atoms with Crippen LogP contribution in [0, 0.1) is 5.92 Å². The topological polar surface area (TPSA) is 103 Å². The zero-order valence-electron chi connectivity index (χ0n) is 11.7. The van der Waals surface area contributed by atoms with Gasteiger partial charge in [-0.25, -0.2) is 0 Å². The van der Waals surface area contributed by atoms with Gasteiger partial charge in [0.1, 0.15) is 5.69 Å². The van der Waals surface area contributed by atoms with Crippen LogP contribution in [0.2, 0.25) is 0 Å². The first-order valence-electron chi connectivity index (χ1n) is 6.66. The molecule has 2 amide bonds. The van der Waals surface area contributed by atoms with Gasteiger partial charge in [-0.15, -0.1) is 0 Å². The molecule has 0 aromatic carbocycles. The van der Waals surface area contributed by atoms with Gasteiger partial charge in [0.25, 0.3) is 5.91 Å². The van der Waals surface area contributed by atoms with Crippen molar-refractivity contribution in [3.63, 3.8) is 0 Å². The summed E-state index contributed by atoms with van der Waals surface area (Å²) in [4.78, 5) is 40.4. The summed E-state index contributed by atoms with van der Waals surface area (Å²) in [5.41, 5.74) is 5.60. The summed E-state index contributed by atoms with van der Waals surface area (Å²) >= 11 is 0. The first kappa shape index (κ1) is 15.0. The van der Waals surface area contributed by atoms with Gasteiger partial charge >= 0.3 is 5.97 Å². The van der Waals surface area contributed by atoms with Crippen molar-refractivity contribution in [1.29, 1.82) is 0 Å². The smallest absolute Gasteiger partial charge is 0.310 e. The van der Waals surface area contributed by atoms with Gasteiger partial charge in [0.05, 0.1) is 18.6 Å². The highest BCUT2D eigenvalue weighted by atomic mass is 16.5. The van der Waals surface area contributed by atoms with Crippen LogP contribution in [0.4, 0.5) is 0 Å². The Hall–Kier alpha value is -2.44. The monoisotopic (exact) mass is 291 g/mol. The molecule has 0 saturated carbocycles. The minimum absolute atomic E-state index is 0.227. The van der Waals surface area contributed by atoms with E-state index in [9.17, 15) is 14.4 Å². The van der Waals surface area contributed by atoms with Gasteiger partial charge in [-0.1, -0.05) is 0 Å². The first-order valence-corrected chi connectivity index (χ1v) is 6.66. The molecule has 0 spiro atoms. The average molecular weight is 291 g/mol.